The highest BCUT2D eigenvalue weighted by atomic mass is 19.1. The average molecular weight is 274 g/mol. The summed E-state index contributed by atoms with van der Waals surface area (Å²) in [4.78, 5) is 10.8. The van der Waals surface area contributed by atoms with Crippen LogP contribution >= 0.6 is 0 Å². The Labute approximate surface area is 116 Å². The molecule has 0 fully saturated rings. The number of carboxylic acids is 1. The molecule has 0 aliphatic carbocycles. The van der Waals surface area contributed by atoms with Gasteiger partial charge in [-0.15, -0.1) is 0 Å². The zero-order chi connectivity index (χ0) is 14.7. The van der Waals surface area contributed by atoms with Crippen LogP contribution in [0.3, 0.4) is 0 Å². The van der Waals surface area contributed by atoms with Crippen LogP contribution in [0, 0.1) is 12.7 Å². The quantitative estimate of drug-likeness (QED) is 0.749. The van der Waals surface area contributed by atoms with Gasteiger partial charge in [0.2, 0.25) is 0 Å². The number of carboxylic acid groups (broad SMARTS) is 1. The Bertz CT molecular complexity index is 639. The molecule has 20 heavy (non-hydrogen) atoms. The number of aromatic carboxylic acids is 1. The third kappa shape index (κ3) is 3.06. The summed E-state index contributed by atoms with van der Waals surface area (Å²) in [5, 5.41) is 11.8. The molecule has 0 atom stereocenters. The number of halogens is 1. The smallest absolute Gasteiger partial charge is 0.338 e. The van der Waals surface area contributed by atoms with Gasteiger partial charge in [-0.2, -0.15) is 0 Å². The molecule has 0 amide bonds. The van der Waals surface area contributed by atoms with Crippen LogP contribution in [0.2, 0.25) is 0 Å². The van der Waals surface area contributed by atoms with Crippen LogP contribution in [-0.2, 0) is 6.54 Å². The molecule has 4 nitrogen and oxygen atoms in total. The molecule has 0 saturated carbocycles. The van der Waals surface area contributed by atoms with Crippen molar-refractivity contribution in [3.8, 4) is 0 Å². The van der Waals surface area contributed by atoms with Gasteiger partial charge in [-0.25, -0.2) is 9.18 Å². The SMILES string of the molecule is Cc1ccc(CNc2cc(F)c(C(=O)O)cc2N)cc1. The van der Waals surface area contributed by atoms with E-state index in [9.17, 15) is 9.18 Å². The van der Waals surface area contributed by atoms with Crippen molar-refractivity contribution in [2.24, 2.45) is 0 Å². The molecule has 4 N–H and O–H groups in total. The first-order valence-electron chi connectivity index (χ1n) is 6.09. The molecule has 0 saturated heterocycles. The molecule has 0 heterocycles. The Morgan fingerprint density at radius 3 is 2.55 bits per heavy atom. The number of carbonyl (C=O) groups is 1. The van der Waals surface area contributed by atoms with E-state index < -0.39 is 17.3 Å². The van der Waals surface area contributed by atoms with Crippen LogP contribution in [0.1, 0.15) is 21.5 Å². The molecule has 0 bridgehead atoms. The van der Waals surface area contributed by atoms with Crippen LogP contribution in [0.15, 0.2) is 36.4 Å². The van der Waals surface area contributed by atoms with Crippen molar-refractivity contribution < 1.29 is 14.3 Å². The third-order valence-corrected chi connectivity index (χ3v) is 2.97. The Hall–Kier alpha value is -2.56. The second-order valence-corrected chi connectivity index (χ2v) is 4.56. The van der Waals surface area contributed by atoms with Crippen LogP contribution in [0.5, 0.6) is 0 Å². The highest BCUT2D eigenvalue weighted by molar-refractivity contribution is 5.90. The molecule has 0 radical (unpaired) electrons. The average Bonchev–Trinajstić information content (AvgIpc) is 2.41. The van der Waals surface area contributed by atoms with Crippen molar-refractivity contribution in [3.05, 3.63) is 58.9 Å². The number of hydrogen-bond donors (Lipinski definition) is 3. The number of rotatable bonds is 4. The molecule has 0 aliphatic heterocycles. The lowest BCUT2D eigenvalue weighted by Gasteiger charge is -2.11. The van der Waals surface area contributed by atoms with Gasteiger partial charge in [-0.1, -0.05) is 29.8 Å². The number of aryl methyl sites for hydroxylation is 1. The maximum absolute atomic E-state index is 13.6. The van der Waals surface area contributed by atoms with Crippen molar-refractivity contribution in [1.82, 2.24) is 0 Å². The fourth-order valence-electron chi connectivity index (χ4n) is 1.81. The van der Waals surface area contributed by atoms with Crippen LogP contribution < -0.4 is 11.1 Å². The second-order valence-electron chi connectivity index (χ2n) is 4.56. The summed E-state index contributed by atoms with van der Waals surface area (Å²) >= 11 is 0. The van der Waals surface area contributed by atoms with Gasteiger partial charge in [0.05, 0.1) is 16.9 Å². The molecule has 5 heteroatoms. The highest BCUT2D eigenvalue weighted by Crippen LogP contribution is 2.23. The molecular weight excluding hydrogens is 259 g/mol. The van der Waals surface area contributed by atoms with Gasteiger partial charge in [-0.05, 0) is 24.6 Å². The fourth-order valence-corrected chi connectivity index (χ4v) is 1.81. The maximum atomic E-state index is 13.6. The highest BCUT2D eigenvalue weighted by Gasteiger charge is 2.13. The second kappa shape index (κ2) is 5.61. The summed E-state index contributed by atoms with van der Waals surface area (Å²) in [6.45, 7) is 2.48. The zero-order valence-electron chi connectivity index (χ0n) is 11.0. The van der Waals surface area contributed by atoms with Crippen molar-refractivity contribution in [1.29, 1.82) is 0 Å². The normalized spacial score (nSPS) is 10.3. The molecular formula is C15H15FN2O2. The van der Waals surface area contributed by atoms with Crippen molar-refractivity contribution in [3.63, 3.8) is 0 Å². The fraction of sp³-hybridized carbons (Fsp3) is 0.133. The van der Waals surface area contributed by atoms with Gasteiger partial charge in [-0.3, -0.25) is 0 Å². The molecule has 2 aromatic carbocycles. The summed E-state index contributed by atoms with van der Waals surface area (Å²) < 4.78 is 13.6. The molecule has 0 aliphatic rings. The first kappa shape index (κ1) is 13.9. The lowest BCUT2D eigenvalue weighted by atomic mass is 10.1. The van der Waals surface area contributed by atoms with Gasteiger partial charge in [0.1, 0.15) is 5.82 Å². The van der Waals surface area contributed by atoms with Gasteiger partial charge in [0.25, 0.3) is 0 Å². The van der Waals surface area contributed by atoms with Gasteiger partial charge >= 0.3 is 5.97 Å². The first-order valence-corrected chi connectivity index (χ1v) is 6.09. The molecule has 2 aromatic rings. The Kier molecular flexibility index (Phi) is 3.89. The molecule has 0 spiro atoms. The number of hydrogen-bond acceptors (Lipinski definition) is 3. The predicted octanol–water partition coefficient (Wildman–Crippen LogP) is 3.03. The first-order chi connectivity index (χ1) is 9.47. The molecule has 0 unspecified atom stereocenters. The monoisotopic (exact) mass is 274 g/mol. The van der Waals surface area contributed by atoms with E-state index in [1.807, 2.05) is 31.2 Å². The van der Waals surface area contributed by atoms with E-state index in [1.54, 1.807) is 0 Å². The van der Waals surface area contributed by atoms with Gasteiger partial charge in [0.15, 0.2) is 0 Å². The lowest BCUT2D eigenvalue weighted by Crippen LogP contribution is -2.07. The minimum absolute atomic E-state index is 0.205. The van der Waals surface area contributed by atoms with E-state index in [4.69, 9.17) is 10.8 Å². The molecule has 0 aromatic heterocycles. The Balaban J connectivity index is 2.16. The summed E-state index contributed by atoms with van der Waals surface area (Å²) in [5.74, 6) is -2.14. The third-order valence-electron chi connectivity index (χ3n) is 2.97. The summed E-state index contributed by atoms with van der Waals surface area (Å²) in [7, 11) is 0. The Morgan fingerprint density at radius 1 is 1.30 bits per heavy atom. The standard InChI is InChI=1S/C15H15FN2O2/c1-9-2-4-10(5-3-9)8-18-14-7-12(16)11(15(19)20)6-13(14)17/h2-7,18H,8,17H2,1H3,(H,19,20). The topological polar surface area (TPSA) is 75.3 Å². The Morgan fingerprint density at radius 2 is 1.95 bits per heavy atom. The van der Waals surface area contributed by atoms with Crippen molar-refractivity contribution in [2.45, 2.75) is 13.5 Å². The van der Waals surface area contributed by atoms with E-state index >= 15 is 0 Å². The maximum Gasteiger partial charge on any atom is 0.338 e. The van der Waals surface area contributed by atoms with Crippen LogP contribution in [0.25, 0.3) is 0 Å². The summed E-state index contributed by atoms with van der Waals surface area (Å²) in [5.41, 5.74) is 8.07. The number of benzene rings is 2. The van der Waals surface area contributed by atoms with Crippen molar-refractivity contribution >= 4 is 17.3 Å². The van der Waals surface area contributed by atoms with Crippen LogP contribution in [0.4, 0.5) is 15.8 Å². The van der Waals surface area contributed by atoms with E-state index in [0.717, 1.165) is 23.3 Å². The number of anilines is 2. The van der Waals surface area contributed by atoms with Crippen molar-refractivity contribution in [2.75, 3.05) is 11.1 Å². The summed E-state index contributed by atoms with van der Waals surface area (Å²) in [6.07, 6.45) is 0. The van der Waals surface area contributed by atoms with Gasteiger partial charge in [0, 0.05) is 6.54 Å². The van der Waals surface area contributed by atoms with E-state index in [2.05, 4.69) is 5.32 Å². The van der Waals surface area contributed by atoms with E-state index in [0.29, 0.717) is 12.2 Å². The number of nitrogen functional groups attached to an aromatic ring is 1. The lowest BCUT2D eigenvalue weighted by molar-refractivity contribution is 0.0692. The summed E-state index contributed by atoms with van der Waals surface area (Å²) in [6, 6.07) is 10.1. The molecule has 2 rings (SSSR count). The van der Waals surface area contributed by atoms with Gasteiger partial charge < -0.3 is 16.2 Å². The minimum atomic E-state index is -1.33. The predicted molar refractivity (Wildman–Crippen MR) is 76.3 cm³/mol. The molecule has 104 valence electrons. The largest absolute Gasteiger partial charge is 0.478 e. The van der Waals surface area contributed by atoms with Crippen LogP contribution in [-0.4, -0.2) is 11.1 Å². The zero-order valence-corrected chi connectivity index (χ0v) is 11.0. The number of nitrogens with one attached hydrogen (secondary N) is 1. The van der Waals surface area contributed by atoms with E-state index in [1.165, 1.54) is 0 Å². The number of nitrogens with two attached hydrogens (primary N) is 1. The minimum Gasteiger partial charge on any atom is -0.478 e. The van der Waals surface area contributed by atoms with E-state index in [-0.39, 0.29) is 5.69 Å².